The average Bonchev–Trinajstić information content (AvgIpc) is 2.30. The molecular weight excluding hydrogens is 240 g/mol. The van der Waals surface area contributed by atoms with E-state index in [-0.39, 0.29) is 24.0 Å². The summed E-state index contributed by atoms with van der Waals surface area (Å²) in [6.45, 7) is 8.07. The summed E-state index contributed by atoms with van der Waals surface area (Å²) in [7, 11) is 0. The molecule has 19 heavy (non-hydrogen) atoms. The second-order valence-electron chi connectivity index (χ2n) is 5.98. The van der Waals surface area contributed by atoms with Gasteiger partial charge in [0, 0.05) is 23.9 Å². The van der Waals surface area contributed by atoms with E-state index in [2.05, 4.69) is 5.32 Å². The summed E-state index contributed by atoms with van der Waals surface area (Å²) < 4.78 is 0. The Morgan fingerprint density at radius 1 is 1.42 bits per heavy atom. The molecule has 1 aromatic carbocycles. The van der Waals surface area contributed by atoms with Crippen molar-refractivity contribution in [2.45, 2.75) is 40.2 Å². The first-order valence-corrected chi connectivity index (χ1v) is 6.53. The number of carbonyl (C=O) groups is 1. The third-order valence-electron chi connectivity index (χ3n) is 3.30. The molecule has 0 heterocycles. The molecule has 4 N–H and O–H groups in total. The first kappa shape index (κ1) is 15.5. The van der Waals surface area contributed by atoms with E-state index < -0.39 is 0 Å². The van der Waals surface area contributed by atoms with Crippen molar-refractivity contribution in [3.63, 3.8) is 0 Å². The van der Waals surface area contributed by atoms with Crippen LogP contribution in [-0.4, -0.2) is 23.7 Å². The smallest absolute Gasteiger partial charge is 0.251 e. The summed E-state index contributed by atoms with van der Waals surface area (Å²) in [6, 6.07) is 5.17. The Hall–Kier alpha value is -1.55. The van der Waals surface area contributed by atoms with Gasteiger partial charge in [0.05, 0.1) is 0 Å². The molecule has 0 fully saturated rings. The van der Waals surface area contributed by atoms with Crippen LogP contribution in [0.2, 0.25) is 0 Å². The highest BCUT2D eigenvalue weighted by molar-refractivity contribution is 5.95. The fourth-order valence-electron chi connectivity index (χ4n) is 1.91. The highest BCUT2D eigenvalue weighted by Crippen LogP contribution is 2.22. The maximum absolute atomic E-state index is 12.2. The predicted octanol–water partition coefficient (Wildman–Crippen LogP) is 2.10. The van der Waals surface area contributed by atoms with Crippen molar-refractivity contribution in [1.82, 2.24) is 5.32 Å². The zero-order valence-electron chi connectivity index (χ0n) is 12.2. The summed E-state index contributed by atoms with van der Waals surface area (Å²) in [5.41, 5.74) is 7.81. The number of hydrogen-bond donors (Lipinski definition) is 3. The Kier molecular flexibility index (Phi) is 4.95. The van der Waals surface area contributed by atoms with Crippen LogP contribution in [0.15, 0.2) is 18.2 Å². The maximum Gasteiger partial charge on any atom is 0.251 e. The SMILES string of the molecule is Cc1cc(C(=O)NC(CCO)C(C)(C)C)ccc1N. The van der Waals surface area contributed by atoms with Gasteiger partial charge in [-0.25, -0.2) is 0 Å². The van der Waals surface area contributed by atoms with E-state index in [0.29, 0.717) is 17.7 Å². The van der Waals surface area contributed by atoms with E-state index in [0.717, 1.165) is 5.56 Å². The van der Waals surface area contributed by atoms with Crippen molar-refractivity contribution in [2.75, 3.05) is 12.3 Å². The van der Waals surface area contributed by atoms with Gasteiger partial charge in [-0.05, 0) is 42.5 Å². The van der Waals surface area contributed by atoms with Crippen LogP contribution in [0.1, 0.15) is 43.1 Å². The zero-order chi connectivity index (χ0) is 14.6. The number of rotatable bonds is 4. The lowest BCUT2D eigenvalue weighted by Gasteiger charge is -2.31. The highest BCUT2D eigenvalue weighted by atomic mass is 16.3. The second-order valence-corrected chi connectivity index (χ2v) is 5.98. The number of aliphatic hydroxyl groups is 1. The molecule has 0 aliphatic heterocycles. The van der Waals surface area contributed by atoms with Crippen LogP contribution in [0.5, 0.6) is 0 Å². The molecule has 4 nitrogen and oxygen atoms in total. The largest absolute Gasteiger partial charge is 0.399 e. The Morgan fingerprint density at radius 3 is 2.53 bits per heavy atom. The molecule has 0 aliphatic carbocycles. The third kappa shape index (κ3) is 4.24. The van der Waals surface area contributed by atoms with E-state index in [1.807, 2.05) is 27.7 Å². The zero-order valence-corrected chi connectivity index (χ0v) is 12.2. The molecule has 0 radical (unpaired) electrons. The molecule has 0 aromatic heterocycles. The topological polar surface area (TPSA) is 75.3 Å². The van der Waals surface area contributed by atoms with Gasteiger partial charge in [-0.3, -0.25) is 4.79 Å². The lowest BCUT2D eigenvalue weighted by molar-refractivity contribution is 0.0885. The van der Waals surface area contributed by atoms with Crippen molar-refractivity contribution in [3.05, 3.63) is 29.3 Å². The van der Waals surface area contributed by atoms with Gasteiger partial charge < -0.3 is 16.2 Å². The molecule has 1 rings (SSSR count). The van der Waals surface area contributed by atoms with Crippen LogP contribution in [0.25, 0.3) is 0 Å². The number of amides is 1. The first-order chi connectivity index (χ1) is 8.75. The minimum atomic E-state index is -0.128. The van der Waals surface area contributed by atoms with Crippen molar-refractivity contribution < 1.29 is 9.90 Å². The van der Waals surface area contributed by atoms with Gasteiger partial charge in [0.1, 0.15) is 0 Å². The lowest BCUT2D eigenvalue weighted by atomic mass is 9.84. The number of hydrogen-bond acceptors (Lipinski definition) is 3. The molecule has 106 valence electrons. The van der Waals surface area contributed by atoms with Gasteiger partial charge in [-0.1, -0.05) is 20.8 Å². The van der Waals surface area contributed by atoms with Crippen LogP contribution >= 0.6 is 0 Å². The number of anilines is 1. The summed E-state index contributed by atoms with van der Waals surface area (Å²) in [6.07, 6.45) is 0.545. The number of benzene rings is 1. The number of nitrogens with one attached hydrogen (secondary N) is 1. The van der Waals surface area contributed by atoms with Crippen molar-refractivity contribution in [2.24, 2.45) is 5.41 Å². The Balaban J connectivity index is 2.84. The molecule has 1 amide bonds. The van der Waals surface area contributed by atoms with Crippen LogP contribution in [0.4, 0.5) is 5.69 Å². The number of nitrogen functional groups attached to an aromatic ring is 1. The van der Waals surface area contributed by atoms with E-state index in [1.165, 1.54) is 0 Å². The summed E-state index contributed by atoms with van der Waals surface area (Å²) in [4.78, 5) is 12.2. The molecule has 1 aromatic rings. The second kappa shape index (κ2) is 6.06. The number of aliphatic hydroxyl groups excluding tert-OH is 1. The molecule has 0 spiro atoms. The summed E-state index contributed by atoms with van der Waals surface area (Å²) in [5, 5.41) is 12.1. The normalized spacial score (nSPS) is 13.1. The molecule has 0 saturated heterocycles. The molecular formula is C15H24N2O2. The molecule has 1 unspecified atom stereocenters. The maximum atomic E-state index is 12.2. The van der Waals surface area contributed by atoms with E-state index >= 15 is 0 Å². The quantitative estimate of drug-likeness (QED) is 0.729. The van der Waals surface area contributed by atoms with E-state index in [1.54, 1.807) is 18.2 Å². The highest BCUT2D eigenvalue weighted by Gasteiger charge is 2.26. The van der Waals surface area contributed by atoms with Crippen LogP contribution in [-0.2, 0) is 0 Å². The van der Waals surface area contributed by atoms with Crippen LogP contribution in [0, 0.1) is 12.3 Å². The molecule has 0 bridgehead atoms. The Morgan fingerprint density at radius 2 is 2.05 bits per heavy atom. The minimum Gasteiger partial charge on any atom is -0.399 e. The van der Waals surface area contributed by atoms with Crippen LogP contribution in [0.3, 0.4) is 0 Å². The van der Waals surface area contributed by atoms with Gasteiger partial charge in [-0.2, -0.15) is 0 Å². The van der Waals surface area contributed by atoms with E-state index in [9.17, 15) is 4.79 Å². The minimum absolute atomic E-state index is 0.0585. The number of aryl methyl sites for hydroxylation is 1. The first-order valence-electron chi connectivity index (χ1n) is 6.53. The summed E-state index contributed by atoms with van der Waals surface area (Å²) >= 11 is 0. The molecule has 0 aliphatic rings. The Labute approximate surface area is 115 Å². The monoisotopic (exact) mass is 264 g/mol. The van der Waals surface area contributed by atoms with Crippen molar-refractivity contribution in [3.8, 4) is 0 Å². The molecule has 0 saturated carbocycles. The Bertz CT molecular complexity index is 450. The van der Waals surface area contributed by atoms with E-state index in [4.69, 9.17) is 10.8 Å². The standard InChI is InChI=1S/C15H24N2O2/c1-10-9-11(5-6-12(10)16)14(19)17-13(7-8-18)15(2,3)4/h5-6,9,13,18H,7-8,16H2,1-4H3,(H,17,19). The average molecular weight is 264 g/mol. The number of nitrogens with two attached hydrogens (primary N) is 1. The van der Waals surface area contributed by atoms with Gasteiger partial charge in [0.15, 0.2) is 0 Å². The fraction of sp³-hybridized carbons (Fsp3) is 0.533. The number of carbonyl (C=O) groups excluding carboxylic acids is 1. The predicted molar refractivity (Wildman–Crippen MR) is 78.0 cm³/mol. The third-order valence-corrected chi connectivity index (χ3v) is 3.30. The van der Waals surface area contributed by atoms with Crippen LogP contribution < -0.4 is 11.1 Å². The van der Waals surface area contributed by atoms with Gasteiger partial charge >= 0.3 is 0 Å². The van der Waals surface area contributed by atoms with Crippen molar-refractivity contribution in [1.29, 1.82) is 0 Å². The molecule has 4 heteroatoms. The van der Waals surface area contributed by atoms with Crippen molar-refractivity contribution >= 4 is 11.6 Å². The lowest BCUT2D eigenvalue weighted by Crippen LogP contribution is -2.44. The van der Waals surface area contributed by atoms with Gasteiger partial charge in [-0.15, -0.1) is 0 Å². The van der Waals surface area contributed by atoms with Gasteiger partial charge in [0.2, 0.25) is 0 Å². The molecule has 1 atom stereocenters. The summed E-state index contributed by atoms with van der Waals surface area (Å²) in [5.74, 6) is -0.128. The van der Waals surface area contributed by atoms with Gasteiger partial charge in [0.25, 0.3) is 5.91 Å². The fourth-order valence-corrected chi connectivity index (χ4v) is 1.91.